The molecule has 2 heterocycles. The molecule has 0 radical (unpaired) electrons. The van der Waals surface area contributed by atoms with Crippen molar-refractivity contribution < 1.29 is 18.9 Å². The molecule has 2 aliphatic heterocycles. The quantitative estimate of drug-likeness (QED) is 0.435. The fourth-order valence-electron chi connectivity index (χ4n) is 5.09. The Morgan fingerprint density at radius 2 is 1.29 bits per heavy atom. The zero-order valence-corrected chi connectivity index (χ0v) is 19.7. The Labute approximate surface area is 202 Å². The van der Waals surface area contributed by atoms with Crippen LogP contribution in [0, 0.1) is 0 Å². The van der Waals surface area contributed by atoms with E-state index in [-0.39, 0.29) is 23.8 Å². The molecule has 0 saturated carbocycles. The van der Waals surface area contributed by atoms with Gasteiger partial charge >= 0.3 is 0 Å². The van der Waals surface area contributed by atoms with E-state index >= 15 is 0 Å². The minimum Gasteiger partial charge on any atom is -0.375 e. The number of rotatable bonds is 10. The first-order chi connectivity index (χ1) is 16.7. The van der Waals surface area contributed by atoms with Crippen molar-refractivity contribution in [3.8, 4) is 0 Å². The maximum Gasteiger partial charge on any atom is 0.106 e. The Morgan fingerprint density at radius 1 is 0.765 bits per heavy atom. The fourth-order valence-corrected chi connectivity index (χ4v) is 5.09. The van der Waals surface area contributed by atoms with E-state index in [0.29, 0.717) is 39.8 Å². The van der Waals surface area contributed by atoms with Crippen LogP contribution in [0.2, 0.25) is 0 Å². The van der Waals surface area contributed by atoms with E-state index in [2.05, 4.69) is 48.2 Å². The van der Waals surface area contributed by atoms with Crippen LogP contribution in [0.1, 0.15) is 23.6 Å². The largest absolute Gasteiger partial charge is 0.375 e. The monoisotopic (exact) mass is 459 g/mol. The number of hydrogen-bond donors (Lipinski definition) is 0. The molecular weight excluding hydrogens is 426 g/mol. The zero-order valence-electron chi connectivity index (χ0n) is 19.7. The van der Waals surface area contributed by atoms with E-state index in [1.807, 2.05) is 54.6 Å². The van der Waals surface area contributed by atoms with Crippen molar-refractivity contribution in [2.24, 2.45) is 0 Å². The van der Waals surface area contributed by atoms with Crippen LogP contribution in [0.4, 0.5) is 0 Å². The van der Waals surface area contributed by atoms with Crippen molar-refractivity contribution in [2.75, 3.05) is 19.9 Å². The van der Waals surface area contributed by atoms with Gasteiger partial charge < -0.3 is 18.9 Å². The molecule has 5 rings (SSSR count). The molecule has 34 heavy (non-hydrogen) atoms. The van der Waals surface area contributed by atoms with Crippen molar-refractivity contribution in [1.29, 1.82) is 0 Å². The summed E-state index contributed by atoms with van der Waals surface area (Å²) in [7, 11) is 0. The predicted molar refractivity (Wildman–Crippen MR) is 131 cm³/mol. The lowest BCUT2D eigenvalue weighted by molar-refractivity contribution is -0.103. The van der Waals surface area contributed by atoms with Gasteiger partial charge in [0.2, 0.25) is 0 Å². The first-order valence-electron chi connectivity index (χ1n) is 12.0. The van der Waals surface area contributed by atoms with Gasteiger partial charge in [0, 0.05) is 0 Å². The Balaban J connectivity index is 1.34. The lowest BCUT2D eigenvalue weighted by atomic mass is 9.95. The Hall–Kier alpha value is -2.54. The minimum absolute atomic E-state index is 0.0423. The average molecular weight is 460 g/mol. The SMILES string of the molecule is C[C@@]12COCN1[C@@H](COCc1ccccc1)[C@@H](OCc1ccccc1)[C@@H]2OCc1ccccc1. The van der Waals surface area contributed by atoms with E-state index in [4.69, 9.17) is 18.9 Å². The van der Waals surface area contributed by atoms with Crippen LogP contribution in [0.3, 0.4) is 0 Å². The third kappa shape index (κ3) is 5.09. The molecule has 2 fully saturated rings. The standard InChI is InChI=1S/C29H33NO4/c1-29-21-32-22-30(29)26(20-31-17-23-11-5-2-6-12-23)27(33-18-24-13-7-3-8-14-24)28(29)34-19-25-15-9-4-10-16-25/h2-16,26-28H,17-22H2,1H3/t26-,27+,28-,29-/m0/s1. The number of ether oxygens (including phenoxy) is 4. The van der Waals surface area contributed by atoms with Crippen molar-refractivity contribution in [3.05, 3.63) is 108 Å². The summed E-state index contributed by atoms with van der Waals surface area (Å²) in [6.07, 6.45) is -0.266. The number of benzene rings is 3. The van der Waals surface area contributed by atoms with E-state index in [0.717, 1.165) is 11.1 Å². The van der Waals surface area contributed by atoms with Crippen molar-refractivity contribution >= 4 is 0 Å². The Morgan fingerprint density at radius 3 is 1.88 bits per heavy atom. The van der Waals surface area contributed by atoms with Crippen LogP contribution in [0.25, 0.3) is 0 Å². The third-order valence-electron chi connectivity index (χ3n) is 6.93. The maximum absolute atomic E-state index is 6.60. The van der Waals surface area contributed by atoms with Gasteiger partial charge in [-0.2, -0.15) is 0 Å². The zero-order chi connectivity index (χ0) is 23.2. The van der Waals surface area contributed by atoms with Crippen molar-refractivity contribution in [1.82, 2.24) is 4.90 Å². The summed E-state index contributed by atoms with van der Waals surface area (Å²) < 4.78 is 25.4. The van der Waals surface area contributed by atoms with E-state index < -0.39 is 0 Å². The first kappa shape index (κ1) is 23.2. The molecule has 0 aliphatic carbocycles. The smallest absolute Gasteiger partial charge is 0.106 e. The van der Waals surface area contributed by atoms with Gasteiger partial charge in [-0.3, -0.25) is 4.90 Å². The van der Waals surface area contributed by atoms with E-state index in [9.17, 15) is 0 Å². The molecule has 0 bridgehead atoms. The van der Waals surface area contributed by atoms with Crippen LogP contribution in [0.5, 0.6) is 0 Å². The molecule has 2 saturated heterocycles. The predicted octanol–water partition coefficient (Wildman–Crippen LogP) is 4.80. The van der Waals surface area contributed by atoms with Gasteiger partial charge in [0.25, 0.3) is 0 Å². The highest BCUT2D eigenvalue weighted by atomic mass is 16.6. The molecule has 4 atom stereocenters. The molecule has 0 unspecified atom stereocenters. The van der Waals surface area contributed by atoms with Gasteiger partial charge in [-0.25, -0.2) is 0 Å². The van der Waals surface area contributed by atoms with Crippen LogP contribution >= 0.6 is 0 Å². The summed E-state index contributed by atoms with van der Waals surface area (Å²) in [4.78, 5) is 2.38. The number of nitrogens with zero attached hydrogens (tertiary/aromatic N) is 1. The second-order valence-corrected chi connectivity index (χ2v) is 9.35. The molecular formula is C29H33NO4. The van der Waals surface area contributed by atoms with Gasteiger partial charge in [-0.1, -0.05) is 91.0 Å². The topological polar surface area (TPSA) is 40.2 Å². The Bertz CT molecular complexity index is 1020. The lowest BCUT2D eigenvalue weighted by Crippen LogP contribution is -2.48. The molecule has 2 aliphatic rings. The molecule has 3 aromatic carbocycles. The van der Waals surface area contributed by atoms with Crippen LogP contribution in [-0.2, 0) is 38.8 Å². The van der Waals surface area contributed by atoms with Crippen LogP contribution in [0.15, 0.2) is 91.0 Å². The molecule has 0 aromatic heterocycles. The maximum atomic E-state index is 6.60. The summed E-state index contributed by atoms with van der Waals surface area (Å²) in [5, 5.41) is 0. The lowest BCUT2D eigenvalue weighted by Gasteiger charge is -2.32. The molecule has 178 valence electrons. The first-order valence-corrected chi connectivity index (χ1v) is 12.0. The molecule has 0 amide bonds. The summed E-state index contributed by atoms with van der Waals surface area (Å²) in [5.41, 5.74) is 3.21. The molecule has 5 nitrogen and oxygen atoms in total. The summed E-state index contributed by atoms with van der Waals surface area (Å²) in [6.45, 7) is 5.61. The molecule has 0 spiro atoms. The highest BCUT2D eigenvalue weighted by Crippen LogP contribution is 2.42. The molecule has 5 heteroatoms. The Kier molecular flexibility index (Phi) is 7.38. The van der Waals surface area contributed by atoms with Crippen LogP contribution in [-0.4, -0.2) is 48.6 Å². The second-order valence-electron chi connectivity index (χ2n) is 9.35. The van der Waals surface area contributed by atoms with Crippen molar-refractivity contribution in [3.63, 3.8) is 0 Å². The fraction of sp³-hybridized carbons (Fsp3) is 0.379. The number of fused-ring (bicyclic) bond motifs is 1. The third-order valence-corrected chi connectivity index (χ3v) is 6.93. The van der Waals surface area contributed by atoms with E-state index in [1.54, 1.807) is 0 Å². The highest BCUT2D eigenvalue weighted by Gasteiger charge is 2.60. The minimum atomic E-state index is -0.267. The van der Waals surface area contributed by atoms with E-state index in [1.165, 1.54) is 5.56 Å². The van der Waals surface area contributed by atoms with Crippen molar-refractivity contribution in [2.45, 2.75) is 50.5 Å². The highest BCUT2D eigenvalue weighted by molar-refractivity contribution is 5.18. The normalized spacial score (nSPS) is 26.6. The molecule has 0 N–H and O–H groups in total. The average Bonchev–Trinajstić information content (AvgIpc) is 3.37. The van der Waals surface area contributed by atoms with Gasteiger partial charge in [0.05, 0.1) is 44.6 Å². The number of hydrogen-bond acceptors (Lipinski definition) is 5. The summed E-state index contributed by atoms with van der Waals surface area (Å²) >= 11 is 0. The second kappa shape index (κ2) is 10.8. The molecule has 3 aromatic rings. The van der Waals surface area contributed by atoms with Gasteiger partial charge in [0.1, 0.15) is 18.9 Å². The summed E-state index contributed by atoms with van der Waals surface area (Å²) in [5.74, 6) is 0. The van der Waals surface area contributed by atoms with Gasteiger partial charge in [-0.05, 0) is 23.6 Å². The van der Waals surface area contributed by atoms with Gasteiger partial charge in [0.15, 0.2) is 0 Å². The van der Waals surface area contributed by atoms with Crippen LogP contribution < -0.4 is 0 Å². The van der Waals surface area contributed by atoms with Gasteiger partial charge in [-0.15, -0.1) is 0 Å². The summed E-state index contributed by atoms with van der Waals surface area (Å²) in [6, 6.07) is 31.0.